The summed E-state index contributed by atoms with van der Waals surface area (Å²) in [6, 6.07) is 7.83. The van der Waals surface area contributed by atoms with Crippen molar-refractivity contribution in [2.24, 2.45) is 11.3 Å². The van der Waals surface area contributed by atoms with Gasteiger partial charge in [0, 0.05) is 10.6 Å². The molecule has 1 fully saturated rings. The SMILES string of the molecule is C[C@H]([C@H](C(=O)Nc1cc(CC2(C(=O)OC(C)(C)C)CC2)ccc1Cl)c1ccc(Cl)cc1F)C(F)(F)F. The maximum atomic E-state index is 14.6. The van der Waals surface area contributed by atoms with E-state index in [2.05, 4.69) is 5.32 Å². The van der Waals surface area contributed by atoms with E-state index in [0.29, 0.717) is 24.8 Å². The summed E-state index contributed by atoms with van der Waals surface area (Å²) in [7, 11) is 0. The molecule has 196 valence electrons. The average Bonchev–Trinajstić information content (AvgIpc) is 3.51. The van der Waals surface area contributed by atoms with Crippen molar-refractivity contribution in [3.05, 3.63) is 63.4 Å². The van der Waals surface area contributed by atoms with Crippen molar-refractivity contribution < 1.29 is 31.9 Å². The molecule has 0 saturated heterocycles. The lowest BCUT2D eigenvalue weighted by atomic mass is 9.85. The Bertz CT molecular complexity index is 1160. The van der Waals surface area contributed by atoms with Crippen LogP contribution in [-0.4, -0.2) is 23.7 Å². The zero-order chi connectivity index (χ0) is 27.1. The van der Waals surface area contributed by atoms with Crippen molar-refractivity contribution in [3.63, 3.8) is 0 Å². The quantitative estimate of drug-likeness (QED) is 0.285. The highest BCUT2D eigenvalue weighted by molar-refractivity contribution is 6.33. The number of nitrogens with one attached hydrogen (secondary N) is 1. The van der Waals surface area contributed by atoms with Gasteiger partial charge in [0.2, 0.25) is 5.91 Å². The molecule has 1 amide bonds. The van der Waals surface area contributed by atoms with Crippen LogP contribution in [-0.2, 0) is 20.7 Å². The van der Waals surface area contributed by atoms with E-state index in [0.717, 1.165) is 19.1 Å². The smallest absolute Gasteiger partial charge is 0.392 e. The van der Waals surface area contributed by atoms with Crippen LogP contribution in [0.1, 0.15) is 57.6 Å². The molecule has 1 saturated carbocycles. The largest absolute Gasteiger partial charge is 0.460 e. The maximum absolute atomic E-state index is 14.6. The molecule has 2 aromatic carbocycles. The number of hydrogen-bond donors (Lipinski definition) is 1. The molecule has 10 heteroatoms. The number of benzene rings is 2. The predicted octanol–water partition coefficient (Wildman–Crippen LogP) is 7.72. The van der Waals surface area contributed by atoms with Crippen LogP contribution >= 0.6 is 23.2 Å². The lowest BCUT2D eigenvalue weighted by Gasteiger charge is -2.26. The molecular weight excluding hydrogens is 521 g/mol. The van der Waals surface area contributed by atoms with Gasteiger partial charge >= 0.3 is 12.1 Å². The first-order chi connectivity index (χ1) is 16.5. The van der Waals surface area contributed by atoms with E-state index in [4.69, 9.17) is 27.9 Å². The number of ether oxygens (including phenoxy) is 1. The Morgan fingerprint density at radius 3 is 2.25 bits per heavy atom. The molecule has 0 spiro atoms. The van der Waals surface area contributed by atoms with E-state index in [1.165, 1.54) is 18.2 Å². The van der Waals surface area contributed by atoms with Crippen LogP contribution in [0.2, 0.25) is 10.0 Å². The topological polar surface area (TPSA) is 55.4 Å². The molecule has 0 aromatic heterocycles. The van der Waals surface area contributed by atoms with E-state index in [9.17, 15) is 27.2 Å². The number of anilines is 1. The second kappa shape index (κ2) is 10.2. The molecule has 1 aliphatic rings. The first-order valence-electron chi connectivity index (χ1n) is 11.4. The highest BCUT2D eigenvalue weighted by Gasteiger charge is 2.52. The van der Waals surface area contributed by atoms with E-state index in [-0.39, 0.29) is 21.7 Å². The molecule has 0 bridgehead atoms. The van der Waals surface area contributed by atoms with Gasteiger partial charge in [0.05, 0.1) is 28.0 Å². The fourth-order valence-electron chi connectivity index (χ4n) is 3.95. The van der Waals surface area contributed by atoms with Crippen molar-refractivity contribution in [2.75, 3.05) is 5.32 Å². The molecule has 0 radical (unpaired) electrons. The third-order valence-corrected chi connectivity index (χ3v) is 6.68. The number of esters is 1. The number of halogens is 6. The molecule has 1 aliphatic carbocycles. The monoisotopic (exact) mass is 547 g/mol. The van der Waals surface area contributed by atoms with Crippen LogP contribution in [0, 0.1) is 17.2 Å². The lowest BCUT2D eigenvalue weighted by molar-refractivity contribution is -0.178. The van der Waals surface area contributed by atoms with Gasteiger partial charge in [0.15, 0.2) is 0 Å². The second-order valence-corrected chi connectivity index (χ2v) is 11.1. The summed E-state index contributed by atoms with van der Waals surface area (Å²) in [6.07, 6.45) is -3.19. The zero-order valence-corrected chi connectivity index (χ0v) is 21.7. The van der Waals surface area contributed by atoms with Crippen LogP contribution in [0.4, 0.5) is 23.2 Å². The molecule has 0 unspecified atom stereocenters. The van der Waals surface area contributed by atoms with Crippen LogP contribution in [0.3, 0.4) is 0 Å². The Morgan fingerprint density at radius 2 is 1.72 bits per heavy atom. The Kier molecular flexibility index (Phi) is 8.01. The summed E-state index contributed by atoms with van der Waals surface area (Å²) in [5.41, 5.74) is -1.06. The van der Waals surface area contributed by atoms with Crippen molar-refractivity contribution in [3.8, 4) is 0 Å². The summed E-state index contributed by atoms with van der Waals surface area (Å²) < 4.78 is 61.0. The molecule has 0 heterocycles. The fourth-order valence-corrected chi connectivity index (χ4v) is 4.27. The van der Waals surface area contributed by atoms with Crippen molar-refractivity contribution in [2.45, 2.75) is 64.7 Å². The van der Waals surface area contributed by atoms with Gasteiger partial charge in [-0.2, -0.15) is 13.2 Å². The van der Waals surface area contributed by atoms with Gasteiger partial charge < -0.3 is 10.1 Å². The van der Waals surface area contributed by atoms with Gasteiger partial charge in [-0.05, 0) is 69.9 Å². The third-order valence-electron chi connectivity index (χ3n) is 6.11. The minimum Gasteiger partial charge on any atom is -0.460 e. The standard InChI is InChI=1S/C26H27Cl2F4NO3/c1-14(26(30,31)32)21(17-7-6-16(27)12-19(17)29)22(34)33-20-11-15(5-8-18(20)28)13-25(9-10-25)23(35)36-24(2,3)4/h5-8,11-12,14,21H,9-10,13H2,1-4H3,(H,33,34)/t14-,21+/m1/s1. The molecule has 0 aliphatic heterocycles. The predicted molar refractivity (Wildman–Crippen MR) is 131 cm³/mol. The van der Waals surface area contributed by atoms with Gasteiger partial charge in [-0.15, -0.1) is 0 Å². The zero-order valence-electron chi connectivity index (χ0n) is 20.2. The molecule has 3 rings (SSSR count). The van der Waals surface area contributed by atoms with Gasteiger partial charge in [0.25, 0.3) is 0 Å². The lowest BCUT2D eigenvalue weighted by Crippen LogP contribution is -2.35. The summed E-state index contributed by atoms with van der Waals surface area (Å²) in [4.78, 5) is 25.8. The summed E-state index contributed by atoms with van der Waals surface area (Å²) in [6.45, 7) is 6.14. The van der Waals surface area contributed by atoms with Gasteiger partial charge in [-0.3, -0.25) is 9.59 Å². The first-order valence-corrected chi connectivity index (χ1v) is 12.1. The molecule has 1 N–H and O–H groups in total. The van der Waals surface area contributed by atoms with Crippen LogP contribution in [0.25, 0.3) is 0 Å². The molecule has 2 atom stereocenters. The molecular formula is C26H27Cl2F4NO3. The maximum Gasteiger partial charge on any atom is 0.392 e. The molecule has 2 aromatic rings. The number of carbonyl (C=O) groups excluding carboxylic acids is 2. The highest BCUT2D eigenvalue weighted by atomic mass is 35.5. The number of amides is 1. The Morgan fingerprint density at radius 1 is 1.08 bits per heavy atom. The minimum absolute atomic E-state index is 0.00944. The van der Waals surface area contributed by atoms with Gasteiger partial charge in [-0.1, -0.05) is 42.3 Å². The number of carbonyl (C=O) groups is 2. The molecule has 36 heavy (non-hydrogen) atoms. The summed E-state index contributed by atoms with van der Waals surface area (Å²) in [5.74, 6) is -6.51. The Labute approximate surface area is 217 Å². The van der Waals surface area contributed by atoms with Crippen molar-refractivity contribution >= 4 is 40.8 Å². The highest BCUT2D eigenvalue weighted by Crippen LogP contribution is 2.50. The third kappa shape index (κ3) is 6.71. The van der Waals surface area contributed by atoms with Crippen LogP contribution in [0.5, 0.6) is 0 Å². The van der Waals surface area contributed by atoms with E-state index in [1.807, 2.05) is 0 Å². The van der Waals surface area contributed by atoms with Gasteiger partial charge in [0.1, 0.15) is 11.4 Å². The van der Waals surface area contributed by atoms with Crippen molar-refractivity contribution in [1.82, 2.24) is 0 Å². The van der Waals surface area contributed by atoms with E-state index < -0.39 is 46.3 Å². The summed E-state index contributed by atoms with van der Waals surface area (Å²) >= 11 is 12.0. The number of hydrogen-bond acceptors (Lipinski definition) is 3. The van der Waals surface area contributed by atoms with Gasteiger partial charge in [-0.25, -0.2) is 4.39 Å². The second-order valence-electron chi connectivity index (χ2n) is 10.2. The van der Waals surface area contributed by atoms with E-state index in [1.54, 1.807) is 26.8 Å². The molecule has 4 nitrogen and oxygen atoms in total. The normalized spacial score (nSPS) is 16.7. The minimum atomic E-state index is -4.77. The average molecular weight is 548 g/mol. The van der Waals surface area contributed by atoms with Crippen molar-refractivity contribution in [1.29, 1.82) is 0 Å². The fraction of sp³-hybridized carbons (Fsp3) is 0.462. The summed E-state index contributed by atoms with van der Waals surface area (Å²) in [5, 5.41) is 2.51. The Hall–Kier alpha value is -2.32. The number of rotatable bonds is 7. The van der Waals surface area contributed by atoms with Crippen LogP contribution < -0.4 is 5.32 Å². The number of alkyl halides is 3. The van der Waals surface area contributed by atoms with Crippen LogP contribution in [0.15, 0.2) is 36.4 Å². The Balaban J connectivity index is 1.88. The van der Waals surface area contributed by atoms with E-state index >= 15 is 0 Å². The first kappa shape index (κ1) is 28.3.